The first-order valence-electron chi connectivity index (χ1n) is 18.1. The maximum Gasteiger partial charge on any atom is 0.326 e. The lowest BCUT2D eigenvalue weighted by Gasteiger charge is -2.14. The largest absolute Gasteiger partial charge is 0.480 e. The zero-order chi connectivity index (χ0) is 35.3. The normalized spacial score (nSPS) is 11.6. The fraction of sp³-hybridized carbons (Fsp3) is 0.857. The number of rotatable bonds is 37. The van der Waals surface area contributed by atoms with Crippen molar-refractivity contribution in [2.45, 2.75) is 129 Å². The summed E-state index contributed by atoms with van der Waals surface area (Å²) in [6.45, 7) is 4.14. The highest BCUT2D eigenvalue weighted by molar-refractivity contribution is 5.84. The van der Waals surface area contributed by atoms with Gasteiger partial charge in [-0.05, 0) is 12.8 Å². The molecule has 0 aromatic rings. The molecule has 0 fully saturated rings. The van der Waals surface area contributed by atoms with Crippen LogP contribution < -0.4 is 16.0 Å². The molecule has 13 heteroatoms. The molecule has 0 rings (SSSR count). The third kappa shape index (κ3) is 33.3. The molecule has 0 aliphatic rings. The van der Waals surface area contributed by atoms with Crippen molar-refractivity contribution in [1.29, 1.82) is 0 Å². The van der Waals surface area contributed by atoms with Gasteiger partial charge in [0.1, 0.15) is 19.3 Å². The van der Waals surface area contributed by atoms with E-state index in [1.807, 2.05) is 0 Å². The minimum atomic E-state index is -1.16. The van der Waals surface area contributed by atoms with E-state index in [0.29, 0.717) is 19.8 Å². The van der Waals surface area contributed by atoms with Gasteiger partial charge >= 0.3 is 5.97 Å². The summed E-state index contributed by atoms with van der Waals surface area (Å²) in [6.07, 6.45) is 20.4. The van der Waals surface area contributed by atoms with Crippen LogP contribution in [0.2, 0.25) is 0 Å². The van der Waals surface area contributed by atoms with Crippen LogP contribution in [0.5, 0.6) is 0 Å². The SMILES string of the molecule is CCCCCCCCCCCCCCCCCC(=O)N[C@@H](CCC(=O)NCCOCCOCC(=O)NCCOCCOC[C]=O)C(=O)O. The van der Waals surface area contributed by atoms with Crippen LogP contribution in [0.4, 0.5) is 0 Å². The Labute approximate surface area is 288 Å². The Bertz CT molecular complexity index is 815. The lowest BCUT2D eigenvalue weighted by molar-refractivity contribution is -0.142. The van der Waals surface area contributed by atoms with E-state index in [1.165, 1.54) is 77.0 Å². The Morgan fingerprint density at radius 1 is 0.583 bits per heavy atom. The highest BCUT2D eigenvalue weighted by Gasteiger charge is 2.20. The number of hydrogen-bond donors (Lipinski definition) is 4. The van der Waals surface area contributed by atoms with Crippen molar-refractivity contribution in [3.05, 3.63) is 0 Å². The van der Waals surface area contributed by atoms with Gasteiger partial charge < -0.3 is 40.0 Å². The van der Waals surface area contributed by atoms with Gasteiger partial charge in [-0.15, -0.1) is 0 Å². The zero-order valence-corrected chi connectivity index (χ0v) is 29.5. The van der Waals surface area contributed by atoms with Crippen LogP contribution in [-0.2, 0) is 42.9 Å². The van der Waals surface area contributed by atoms with E-state index in [0.717, 1.165) is 19.3 Å². The minimum absolute atomic E-state index is 0.00330. The van der Waals surface area contributed by atoms with Crippen molar-refractivity contribution in [3.8, 4) is 0 Å². The maximum absolute atomic E-state index is 12.3. The number of ether oxygens (including phenoxy) is 4. The standard InChI is InChI=1S/C35H64N3O10/c1-2-3-4-5-6-7-8-9-10-11-12-13-14-15-16-17-33(41)38-31(35(43)44)18-19-32(40)36-20-23-46-28-29-48-30-34(42)37-21-24-45-26-27-47-25-22-39/h31H,2-21,23-30H2,1H3,(H,36,40)(H,37,42)(H,38,41)(H,43,44)/t31-/m0/s1. The summed E-state index contributed by atoms with van der Waals surface area (Å²) in [7, 11) is 0. The van der Waals surface area contributed by atoms with Gasteiger partial charge in [0.05, 0.1) is 39.6 Å². The minimum Gasteiger partial charge on any atom is -0.480 e. The molecule has 0 unspecified atom stereocenters. The van der Waals surface area contributed by atoms with Gasteiger partial charge in [0.15, 0.2) is 0 Å². The van der Waals surface area contributed by atoms with Crippen LogP contribution in [0.15, 0.2) is 0 Å². The monoisotopic (exact) mass is 686 g/mol. The predicted octanol–water partition coefficient (Wildman–Crippen LogP) is 4.01. The molecule has 4 N–H and O–H groups in total. The summed E-state index contributed by atoms with van der Waals surface area (Å²) in [5, 5.41) is 17.3. The van der Waals surface area contributed by atoms with Gasteiger partial charge in [-0.1, -0.05) is 96.8 Å². The third-order valence-corrected chi connectivity index (χ3v) is 7.58. The van der Waals surface area contributed by atoms with E-state index < -0.39 is 12.0 Å². The van der Waals surface area contributed by atoms with E-state index in [2.05, 4.69) is 22.9 Å². The van der Waals surface area contributed by atoms with Gasteiger partial charge in [0, 0.05) is 25.9 Å². The number of carboxylic acid groups (broad SMARTS) is 1. The average molecular weight is 687 g/mol. The second-order valence-corrected chi connectivity index (χ2v) is 11.9. The third-order valence-electron chi connectivity index (χ3n) is 7.58. The maximum atomic E-state index is 12.3. The van der Waals surface area contributed by atoms with Crippen LogP contribution in [0.3, 0.4) is 0 Å². The van der Waals surface area contributed by atoms with Crippen molar-refractivity contribution in [3.63, 3.8) is 0 Å². The van der Waals surface area contributed by atoms with Crippen molar-refractivity contribution in [2.24, 2.45) is 0 Å². The molecular weight excluding hydrogens is 622 g/mol. The first kappa shape index (κ1) is 45.4. The number of carbonyl (C=O) groups is 4. The summed E-state index contributed by atoms with van der Waals surface area (Å²) in [6, 6.07) is -1.11. The number of aliphatic carboxylic acids is 1. The molecule has 0 saturated heterocycles. The highest BCUT2D eigenvalue weighted by Crippen LogP contribution is 2.14. The fourth-order valence-electron chi connectivity index (χ4n) is 4.84. The Morgan fingerprint density at radius 2 is 1.06 bits per heavy atom. The van der Waals surface area contributed by atoms with E-state index in [4.69, 9.17) is 18.9 Å². The number of carbonyl (C=O) groups excluding carboxylic acids is 4. The Balaban J connectivity index is 3.67. The fourth-order valence-corrected chi connectivity index (χ4v) is 4.84. The van der Waals surface area contributed by atoms with Crippen molar-refractivity contribution in [2.75, 3.05) is 65.9 Å². The molecule has 0 aliphatic carbocycles. The molecule has 13 nitrogen and oxygen atoms in total. The Hall–Kier alpha value is -2.61. The summed E-state index contributed by atoms with van der Waals surface area (Å²) >= 11 is 0. The number of carboxylic acids is 1. The molecule has 0 aromatic carbocycles. The van der Waals surface area contributed by atoms with Crippen LogP contribution in [0, 0.1) is 0 Å². The van der Waals surface area contributed by atoms with Crippen LogP contribution in [-0.4, -0.2) is 107 Å². The lowest BCUT2D eigenvalue weighted by atomic mass is 10.0. The summed E-state index contributed by atoms with van der Waals surface area (Å²) in [4.78, 5) is 57.6. The van der Waals surface area contributed by atoms with Gasteiger partial charge in [-0.25, -0.2) is 4.79 Å². The van der Waals surface area contributed by atoms with E-state index in [1.54, 1.807) is 6.29 Å². The topological polar surface area (TPSA) is 179 Å². The van der Waals surface area contributed by atoms with Gasteiger partial charge in [-0.2, -0.15) is 0 Å². The van der Waals surface area contributed by atoms with Crippen LogP contribution in [0.25, 0.3) is 0 Å². The molecule has 0 heterocycles. The zero-order valence-electron chi connectivity index (χ0n) is 29.5. The molecule has 0 aliphatic heterocycles. The summed E-state index contributed by atoms with van der Waals surface area (Å²) in [5.41, 5.74) is 0. The second kappa shape index (κ2) is 35.7. The number of hydrogen-bond acceptors (Lipinski definition) is 9. The van der Waals surface area contributed by atoms with E-state index in [9.17, 15) is 29.1 Å². The van der Waals surface area contributed by atoms with Crippen molar-refractivity contribution < 1.29 is 48.0 Å². The molecule has 0 saturated carbocycles. The average Bonchev–Trinajstić information content (AvgIpc) is 3.07. The van der Waals surface area contributed by atoms with E-state index >= 15 is 0 Å². The summed E-state index contributed by atoms with van der Waals surface area (Å²) in [5.74, 6) is -2.08. The molecule has 0 spiro atoms. The van der Waals surface area contributed by atoms with Gasteiger partial charge in [0.2, 0.25) is 24.0 Å². The predicted molar refractivity (Wildman–Crippen MR) is 183 cm³/mol. The molecule has 0 aromatic heterocycles. The van der Waals surface area contributed by atoms with Gasteiger partial charge in [0.25, 0.3) is 0 Å². The first-order chi connectivity index (χ1) is 23.4. The summed E-state index contributed by atoms with van der Waals surface area (Å²) < 4.78 is 20.7. The van der Waals surface area contributed by atoms with Crippen LogP contribution in [0.1, 0.15) is 122 Å². The van der Waals surface area contributed by atoms with Crippen molar-refractivity contribution in [1.82, 2.24) is 16.0 Å². The number of nitrogens with one attached hydrogen (secondary N) is 3. The second-order valence-electron chi connectivity index (χ2n) is 11.9. The molecule has 1 radical (unpaired) electrons. The highest BCUT2D eigenvalue weighted by atomic mass is 16.5. The first-order valence-corrected chi connectivity index (χ1v) is 18.1. The molecule has 279 valence electrons. The molecule has 0 bridgehead atoms. The van der Waals surface area contributed by atoms with Crippen LogP contribution >= 0.6 is 0 Å². The van der Waals surface area contributed by atoms with Gasteiger partial charge in [-0.3, -0.25) is 19.2 Å². The lowest BCUT2D eigenvalue weighted by Crippen LogP contribution is -2.41. The quantitative estimate of drug-likeness (QED) is 0.0698. The number of amides is 3. The Morgan fingerprint density at radius 3 is 1.58 bits per heavy atom. The molecule has 3 amide bonds. The van der Waals surface area contributed by atoms with Crippen molar-refractivity contribution >= 4 is 30.0 Å². The number of unbranched alkanes of at least 4 members (excludes halogenated alkanes) is 14. The Kier molecular flexibility index (Phi) is 33.7. The molecular formula is C35H64N3O10. The molecule has 48 heavy (non-hydrogen) atoms. The smallest absolute Gasteiger partial charge is 0.326 e. The van der Waals surface area contributed by atoms with E-state index in [-0.39, 0.29) is 83.2 Å². The molecule has 1 atom stereocenters.